The van der Waals surface area contributed by atoms with Crippen LogP contribution < -0.4 is 15.0 Å². The summed E-state index contributed by atoms with van der Waals surface area (Å²) in [5, 5.41) is 2.88. The van der Waals surface area contributed by atoms with Crippen LogP contribution in [-0.2, 0) is 4.79 Å². The lowest BCUT2D eigenvalue weighted by Crippen LogP contribution is -2.23. The Morgan fingerprint density at radius 2 is 1.81 bits per heavy atom. The van der Waals surface area contributed by atoms with Gasteiger partial charge in [-0.25, -0.2) is 0 Å². The molecule has 5 nitrogen and oxygen atoms in total. The number of carbonyl (C=O) groups excluding carboxylic acids is 2. The van der Waals surface area contributed by atoms with E-state index < -0.39 is 0 Å². The first kappa shape index (κ1) is 19.0. The molecular formula is C22H26N2O3. The van der Waals surface area contributed by atoms with E-state index in [-0.39, 0.29) is 11.8 Å². The van der Waals surface area contributed by atoms with Crippen LogP contribution in [0, 0.1) is 5.92 Å². The van der Waals surface area contributed by atoms with Crippen LogP contribution in [0.3, 0.4) is 0 Å². The third kappa shape index (κ3) is 5.09. The molecule has 0 aromatic heterocycles. The van der Waals surface area contributed by atoms with Gasteiger partial charge in [0.15, 0.2) is 0 Å². The lowest BCUT2D eigenvalue weighted by atomic mass is 10.1. The lowest BCUT2D eigenvalue weighted by Gasteiger charge is -2.16. The molecule has 0 atom stereocenters. The fraction of sp³-hybridized carbons (Fsp3) is 0.364. The highest BCUT2D eigenvalue weighted by atomic mass is 16.5. The molecule has 0 aliphatic carbocycles. The molecule has 27 heavy (non-hydrogen) atoms. The molecular weight excluding hydrogens is 340 g/mol. The third-order valence-electron chi connectivity index (χ3n) is 4.59. The van der Waals surface area contributed by atoms with E-state index >= 15 is 0 Å². The van der Waals surface area contributed by atoms with E-state index in [1.165, 1.54) is 0 Å². The first-order valence-electron chi connectivity index (χ1n) is 9.47. The molecule has 1 saturated heterocycles. The number of nitrogens with one attached hydrogen (secondary N) is 1. The monoisotopic (exact) mass is 366 g/mol. The Morgan fingerprint density at radius 1 is 1.11 bits per heavy atom. The van der Waals surface area contributed by atoms with Gasteiger partial charge in [-0.3, -0.25) is 9.59 Å². The minimum atomic E-state index is -0.172. The van der Waals surface area contributed by atoms with Crippen molar-refractivity contribution in [3.8, 4) is 5.75 Å². The normalized spacial score (nSPS) is 13.9. The molecule has 142 valence electrons. The Hall–Kier alpha value is -2.82. The summed E-state index contributed by atoms with van der Waals surface area (Å²) in [5.41, 5.74) is 2.15. The van der Waals surface area contributed by atoms with Crippen molar-refractivity contribution < 1.29 is 14.3 Å². The summed E-state index contributed by atoms with van der Waals surface area (Å²) in [5.74, 6) is 1.35. The number of ether oxygens (including phenoxy) is 1. The minimum Gasteiger partial charge on any atom is -0.494 e. The fourth-order valence-corrected chi connectivity index (χ4v) is 2.96. The van der Waals surface area contributed by atoms with Crippen molar-refractivity contribution in [2.75, 3.05) is 23.4 Å². The Bertz CT molecular complexity index is 782. The predicted molar refractivity (Wildman–Crippen MR) is 107 cm³/mol. The number of anilines is 2. The molecule has 0 unspecified atom stereocenters. The van der Waals surface area contributed by atoms with Gasteiger partial charge in [-0.05, 0) is 67.3 Å². The zero-order valence-corrected chi connectivity index (χ0v) is 15.9. The summed E-state index contributed by atoms with van der Waals surface area (Å²) >= 11 is 0. The zero-order chi connectivity index (χ0) is 19.2. The minimum absolute atomic E-state index is 0.155. The molecule has 2 aromatic carbocycles. The van der Waals surface area contributed by atoms with E-state index in [2.05, 4.69) is 19.2 Å². The van der Waals surface area contributed by atoms with Crippen molar-refractivity contribution in [2.24, 2.45) is 5.92 Å². The number of benzene rings is 2. The van der Waals surface area contributed by atoms with Crippen LogP contribution in [-0.4, -0.2) is 25.0 Å². The zero-order valence-electron chi connectivity index (χ0n) is 15.9. The molecule has 0 radical (unpaired) electrons. The molecule has 0 bridgehead atoms. The standard InChI is InChI=1S/C22H26N2O3/c1-16(2)13-15-27-20-11-5-17(6-12-20)22(26)23-18-7-9-19(10-8-18)24-14-3-4-21(24)25/h5-12,16H,3-4,13-15H2,1-2H3,(H,23,26). The number of hydrogen-bond donors (Lipinski definition) is 1. The van der Waals surface area contributed by atoms with E-state index in [0.717, 1.165) is 30.8 Å². The molecule has 5 heteroatoms. The second-order valence-electron chi connectivity index (χ2n) is 7.21. The smallest absolute Gasteiger partial charge is 0.255 e. The summed E-state index contributed by atoms with van der Waals surface area (Å²) in [6, 6.07) is 14.5. The molecule has 1 aliphatic rings. The maximum atomic E-state index is 12.4. The van der Waals surface area contributed by atoms with Gasteiger partial charge in [0.2, 0.25) is 5.91 Å². The topological polar surface area (TPSA) is 58.6 Å². The Labute approximate surface area is 160 Å². The van der Waals surface area contributed by atoms with Crippen LogP contribution in [0.2, 0.25) is 0 Å². The Kier molecular flexibility index (Phi) is 6.12. The molecule has 1 heterocycles. The van der Waals surface area contributed by atoms with Gasteiger partial charge < -0.3 is 15.0 Å². The lowest BCUT2D eigenvalue weighted by molar-refractivity contribution is -0.117. The summed E-state index contributed by atoms with van der Waals surface area (Å²) in [4.78, 5) is 26.0. The van der Waals surface area contributed by atoms with Gasteiger partial charge in [0, 0.05) is 29.9 Å². The predicted octanol–water partition coefficient (Wildman–Crippen LogP) is 4.49. The molecule has 3 rings (SSSR count). The van der Waals surface area contributed by atoms with Crippen LogP contribution in [0.15, 0.2) is 48.5 Å². The highest BCUT2D eigenvalue weighted by Crippen LogP contribution is 2.23. The van der Waals surface area contributed by atoms with E-state index in [9.17, 15) is 9.59 Å². The van der Waals surface area contributed by atoms with Gasteiger partial charge in [-0.2, -0.15) is 0 Å². The van der Waals surface area contributed by atoms with Crippen molar-refractivity contribution in [3.63, 3.8) is 0 Å². The van der Waals surface area contributed by atoms with Crippen molar-refractivity contribution in [3.05, 3.63) is 54.1 Å². The van der Waals surface area contributed by atoms with E-state index in [1.54, 1.807) is 17.0 Å². The van der Waals surface area contributed by atoms with E-state index in [1.807, 2.05) is 36.4 Å². The van der Waals surface area contributed by atoms with Gasteiger partial charge in [0.05, 0.1) is 6.61 Å². The average Bonchev–Trinajstić information content (AvgIpc) is 3.08. The van der Waals surface area contributed by atoms with Crippen molar-refractivity contribution >= 4 is 23.2 Å². The Balaban J connectivity index is 1.56. The molecule has 0 spiro atoms. The van der Waals surface area contributed by atoms with Crippen molar-refractivity contribution in [1.82, 2.24) is 0 Å². The number of carbonyl (C=O) groups is 2. The second kappa shape index (κ2) is 8.71. The largest absolute Gasteiger partial charge is 0.494 e. The van der Waals surface area contributed by atoms with Gasteiger partial charge in [-0.1, -0.05) is 13.8 Å². The SMILES string of the molecule is CC(C)CCOc1ccc(C(=O)Nc2ccc(N3CCCC3=O)cc2)cc1. The first-order chi connectivity index (χ1) is 13.0. The van der Waals surface area contributed by atoms with Crippen molar-refractivity contribution in [1.29, 1.82) is 0 Å². The number of rotatable bonds is 7. The van der Waals surface area contributed by atoms with Crippen LogP contribution in [0.5, 0.6) is 5.75 Å². The molecule has 2 aromatic rings. The number of amides is 2. The maximum Gasteiger partial charge on any atom is 0.255 e. The third-order valence-corrected chi connectivity index (χ3v) is 4.59. The first-order valence-corrected chi connectivity index (χ1v) is 9.47. The number of nitrogens with zero attached hydrogens (tertiary/aromatic N) is 1. The highest BCUT2D eigenvalue weighted by Gasteiger charge is 2.21. The van der Waals surface area contributed by atoms with Gasteiger partial charge >= 0.3 is 0 Å². The molecule has 2 amide bonds. The van der Waals surface area contributed by atoms with Crippen LogP contribution in [0.4, 0.5) is 11.4 Å². The van der Waals surface area contributed by atoms with Crippen LogP contribution in [0.25, 0.3) is 0 Å². The molecule has 1 aliphatic heterocycles. The van der Waals surface area contributed by atoms with Gasteiger partial charge in [-0.15, -0.1) is 0 Å². The fourth-order valence-electron chi connectivity index (χ4n) is 2.96. The number of hydrogen-bond acceptors (Lipinski definition) is 3. The van der Waals surface area contributed by atoms with Gasteiger partial charge in [0.1, 0.15) is 5.75 Å². The quantitative estimate of drug-likeness (QED) is 0.785. The van der Waals surface area contributed by atoms with E-state index in [0.29, 0.717) is 30.2 Å². The Morgan fingerprint density at radius 3 is 2.41 bits per heavy atom. The second-order valence-corrected chi connectivity index (χ2v) is 7.21. The highest BCUT2D eigenvalue weighted by molar-refractivity contribution is 6.04. The molecule has 1 fully saturated rings. The van der Waals surface area contributed by atoms with Crippen LogP contribution in [0.1, 0.15) is 43.5 Å². The van der Waals surface area contributed by atoms with Crippen LogP contribution >= 0.6 is 0 Å². The summed E-state index contributed by atoms with van der Waals surface area (Å²) < 4.78 is 5.68. The summed E-state index contributed by atoms with van der Waals surface area (Å²) in [6.07, 6.45) is 2.51. The molecule has 0 saturated carbocycles. The molecule has 1 N–H and O–H groups in total. The summed E-state index contributed by atoms with van der Waals surface area (Å²) in [7, 11) is 0. The maximum absolute atomic E-state index is 12.4. The average molecular weight is 366 g/mol. The van der Waals surface area contributed by atoms with E-state index in [4.69, 9.17) is 4.74 Å². The van der Waals surface area contributed by atoms with Gasteiger partial charge in [0.25, 0.3) is 5.91 Å². The summed E-state index contributed by atoms with van der Waals surface area (Å²) in [6.45, 7) is 5.75. The van der Waals surface area contributed by atoms with Crippen molar-refractivity contribution in [2.45, 2.75) is 33.1 Å².